The summed E-state index contributed by atoms with van der Waals surface area (Å²) >= 11 is 1.14. The van der Waals surface area contributed by atoms with E-state index >= 15 is 0 Å². The smallest absolute Gasteiger partial charge is 0.405 e. The Morgan fingerprint density at radius 3 is 2.93 bits per heavy atom. The maximum atomic E-state index is 10.2. The van der Waals surface area contributed by atoms with Crippen molar-refractivity contribution in [2.75, 3.05) is 0 Å². The fourth-order valence-corrected chi connectivity index (χ4v) is 1.24. The van der Waals surface area contributed by atoms with Crippen molar-refractivity contribution >= 4 is 22.8 Å². The number of hydrogen-bond acceptors (Lipinski definition) is 6. The first-order valence-electron chi connectivity index (χ1n) is 3.52. The van der Waals surface area contributed by atoms with Crippen molar-refractivity contribution < 1.29 is 9.34 Å². The van der Waals surface area contributed by atoms with Gasteiger partial charge in [-0.15, -0.1) is 0 Å². The van der Waals surface area contributed by atoms with Crippen LogP contribution in [-0.2, 0) is 5.75 Å². The minimum Gasteiger partial charge on any atom is -0.405 e. The van der Waals surface area contributed by atoms with Crippen LogP contribution in [0.15, 0.2) is 21.7 Å². The van der Waals surface area contributed by atoms with Crippen molar-refractivity contribution in [2.24, 2.45) is 16.7 Å². The number of rotatable bonds is 3. The summed E-state index contributed by atoms with van der Waals surface area (Å²) < 4.78 is 4.87. The van der Waals surface area contributed by atoms with Gasteiger partial charge < -0.3 is 16.0 Å². The molecule has 0 saturated heterocycles. The largest absolute Gasteiger partial charge is 0.433 e. The van der Waals surface area contributed by atoms with Crippen LogP contribution in [0.3, 0.4) is 0 Å². The van der Waals surface area contributed by atoms with E-state index in [0.29, 0.717) is 11.5 Å². The minimum atomic E-state index is -0.603. The standard InChI is InChI=1S/C6H8N4O3S/c7-6(9-8)14-3-4-1-2-5(13-4)10(11)12/h1-2H,3,8H2,(H2,7,9). The van der Waals surface area contributed by atoms with Crippen molar-refractivity contribution in [3.05, 3.63) is 28.0 Å². The Kier molecular flexibility index (Phi) is 3.35. The molecule has 0 fully saturated rings. The van der Waals surface area contributed by atoms with E-state index in [-0.39, 0.29) is 11.1 Å². The number of thioether (sulfide) groups is 1. The van der Waals surface area contributed by atoms with Gasteiger partial charge in [0.15, 0.2) is 5.17 Å². The SMILES string of the molecule is NN=C(N)SCc1ccc([N+](=O)[O-])o1. The molecule has 0 aliphatic rings. The molecule has 1 aromatic rings. The van der Waals surface area contributed by atoms with Gasteiger partial charge in [0.1, 0.15) is 10.7 Å². The molecule has 0 atom stereocenters. The lowest BCUT2D eigenvalue weighted by Crippen LogP contribution is -2.09. The summed E-state index contributed by atoms with van der Waals surface area (Å²) in [7, 11) is 0. The van der Waals surface area contributed by atoms with Gasteiger partial charge in [0.05, 0.1) is 11.8 Å². The number of hydrazone groups is 1. The zero-order valence-corrected chi connectivity index (χ0v) is 7.86. The quantitative estimate of drug-likeness (QED) is 0.251. The Labute approximate surface area is 83.3 Å². The highest BCUT2D eigenvalue weighted by Crippen LogP contribution is 2.19. The van der Waals surface area contributed by atoms with Gasteiger partial charge in [-0.2, -0.15) is 5.10 Å². The Balaban J connectivity index is 2.56. The molecule has 0 aliphatic heterocycles. The molecule has 14 heavy (non-hydrogen) atoms. The third-order valence-electron chi connectivity index (χ3n) is 1.32. The Morgan fingerprint density at radius 2 is 2.43 bits per heavy atom. The summed E-state index contributed by atoms with van der Waals surface area (Å²) in [5.41, 5.74) is 5.30. The van der Waals surface area contributed by atoms with E-state index in [1.807, 2.05) is 0 Å². The van der Waals surface area contributed by atoms with Crippen LogP contribution in [0.1, 0.15) is 5.76 Å². The molecule has 0 amide bonds. The Bertz CT molecular complexity index is 362. The van der Waals surface area contributed by atoms with Gasteiger partial charge in [-0.1, -0.05) is 11.8 Å². The van der Waals surface area contributed by atoms with Crippen LogP contribution in [0.2, 0.25) is 0 Å². The highest BCUT2D eigenvalue weighted by atomic mass is 32.2. The first-order valence-corrected chi connectivity index (χ1v) is 4.51. The van der Waals surface area contributed by atoms with Crippen LogP contribution >= 0.6 is 11.8 Å². The summed E-state index contributed by atoms with van der Waals surface area (Å²) in [5, 5.41) is 13.7. The predicted molar refractivity (Wildman–Crippen MR) is 52.5 cm³/mol. The fraction of sp³-hybridized carbons (Fsp3) is 0.167. The van der Waals surface area contributed by atoms with Crippen LogP contribution in [0, 0.1) is 10.1 Å². The number of amidine groups is 1. The van der Waals surface area contributed by atoms with Gasteiger partial charge in [-0.3, -0.25) is 10.1 Å². The average molecular weight is 216 g/mol. The molecular weight excluding hydrogens is 208 g/mol. The second-order valence-corrected chi connectivity index (χ2v) is 3.25. The van der Waals surface area contributed by atoms with E-state index in [9.17, 15) is 10.1 Å². The number of nitrogens with zero attached hydrogens (tertiary/aromatic N) is 2. The first kappa shape index (κ1) is 10.4. The lowest BCUT2D eigenvalue weighted by atomic mass is 10.5. The molecule has 1 heterocycles. The number of nitro groups is 1. The Morgan fingerprint density at radius 1 is 1.71 bits per heavy atom. The van der Waals surface area contributed by atoms with Gasteiger partial charge in [0.2, 0.25) is 0 Å². The highest BCUT2D eigenvalue weighted by molar-refractivity contribution is 8.13. The summed E-state index contributed by atoms with van der Waals surface area (Å²) in [5.74, 6) is 5.42. The minimum absolute atomic E-state index is 0.198. The predicted octanol–water partition coefficient (Wildman–Crippen LogP) is 0.609. The molecule has 0 bridgehead atoms. The van der Waals surface area contributed by atoms with Crippen LogP contribution < -0.4 is 11.6 Å². The van der Waals surface area contributed by atoms with Gasteiger partial charge in [-0.25, -0.2) is 0 Å². The molecule has 0 saturated carbocycles. The van der Waals surface area contributed by atoms with Crippen molar-refractivity contribution in [3.8, 4) is 0 Å². The Hall–Kier alpha value is -1.70. The summed E-state index contributed by atoms with van der Waals surface area (Å²) in [4.78, 5) is 9.64. The normalized spacial score (nSPS) is 11.6. The molecule has 4 N–H and O–H groups in total. The van der Waals surface area contributed by atoms with E-state index in [2.05, 4.69) is 5.10 Å². The highest BCUT2D eigenvalue weighted by Gasteiger charge is 2.11. The van der Waals surface area contributed by atoms with Crippen molar-refractivity contribution in [3.63, 3.8) is 0 Å². The van der Waals surface area contributed by atoms with E-state index < -0.39 is 4.92 Å². The van der Waals surface area contributed by atoms with Crippen LogP contribution in [0.25, 0.3) is 0 Å². The monoisotopic (exact) mass is 216 g/mol. The molecule has 0 spiro atoms. The van der Waals surface area contributed by atoms with Crippen LogP contribution in [0.5, 0.6) is 0 Å². The molecule has 0 unspecified atom stereocenters. The average Bonchev–Trinajstić information content (AvgIpc) is 2.62. The zero-order valence-electron chi connectivity index (χ0n) is 7.04. The lowest BCUT2D eigenvalue weighted by Gasteiger charge is -1.94. The molecule has 0 radical (unpaired) electrons. The van der Waals surface area contributed by atoms with Gasteiger partial charge in [0.25, 0.3) is 0 Å². The van der Waals surface area contributed by atoms with Gasteiger partial charge in [-0.05, 0) is 6.07 Å². The lowest BCUT2D eigenvalue weighted by molar-refractivity contribution is -0.402. The molecule has 1 rings (SSSR count). The molecule has 76 valence electrons. The van der Waals surface area contributed by atoms with Gasteiger partial charge in [0, 0.05) is 0 Å². The molecule has 0 aliphatic carbocycles. The maximum Gasteiger partial charge on any atom is 0.433 e. The summed E-state index contributed by atoms with van der Waals surface area (Å²) in [6.45, 7) is 0. The second-order valence-electron chi connectivity index (χ2n) is 2.25. The zero-order chi connectivity index (χ0) is 10.6. The fourth-order valence-electron chi connectivity index (χ4n) is 0.725. The van der Waals surface area contributed by atoms with Crippen LogP contribution in [0.4, 0.5) is 5.88 Å². The van der Waals surface area contributed by atoms with E-state index in [1.165, 1.54) is 12.1 Å². The summed E-state index contributed by atoms with van der Waals surface area (Å²) in [6.07, 6.45) is 0. The first-order chi connectivity index (χ1) is 6.63. The van der Waals surface area contributed by atoms with Gasteiger partial charge >= 0.3 is 5.88 Å². The van der Waals surface area contributed by atoms with Crippen LogP contribution in [-0.4, -0.2) is 10.1 Å². The molecule has 0 aromatic carbocycles. The third kappa shape index (κ3) is 2.66. The molecule has 8 heteroatoms. The third-order valence-corrected chi connectivity index (χ3v) is 2.15. The van der Waals surface area contributed by atoms with Crippen molar-refractivity contribution in [1.82, 2.24) is 0 Å². The topological polar surface area (TPSA) is 121 Å². The van der Waals surface area contributed by atoms with E-state index in [4.69, 9.17) is 16.0 Å². The number of nitrogens with two attached hydrogens (primary N) is 2. The molecule has 7 nitrogen and oxygen atoms in total. The summed E-state index contributed by atoms with van der Waals surface area (Å²) in [6, 6.07) is 2.79. The number of hydrogen-bond donors (Lipinski definition) is 2. The van der Waals surface area contributed by atoms with Crippen molar-refractivity contribution in [1.29, 1.82) is 0 Å². The van der Waals surface area contributed by atoms with Crippen molar-refractivity contribution in [2.45, 2.75) is 5.75 Å². The maximum absolute atomic E-state index is 10.2. The van der Waals surface area contributed by atoms with E-state index in [1.54, 1.807) is 0 Å². The van der Waals surface area contributed by atoms with E-state index in [0.717, 1.165) is 11.8 Å². The second kappa shape index (κ2) is 4.51. The molecular formula is C6H8N4O3S. The molecule has 1 aromatic heterocycles. The number of furan rings is 1.